The van der Waals surface area contributed by atoms with Gasteiger partial charge in [0, 0.05) is 29.2 Å². The fourth-order valence-electron chi connectivity index (χ4n) is 4.07. The van der Waals surface area contributed by atoms with E-state index in [1.807, 2.05) is 33.8 Å². The van der Waals surface area contributed by atoms with Crippen molar-refractivity contribution in [2.24, 2.45) is 0 Å². The minimum atomic E-state index is -0.445. The number of rotatable bonds is 6. The van der Waals surface area contributed by atoms with Crippen molar-refractivity contribution in [1.82, 2.24) is 14.7 Å². The van der Waals surface area contributed by atoms with Crippen LogP contribution in [0.2, 0.25) is 5.02 Å². The van der Waals surface area contributed by atoms with Crippen molar-refractivity contribution in [2.75, 3.05) is 26.8 Å². The lowest BCUT2D eigenvalue weighted by Gasteiger charge is -2.33. The van der Waals surface area contributed by atoms with Gasteiger partial charge in [0.1, 0.15) is 5.75 Å². The topological polar surface area (TPSA) is 73.7 Å². The Kier molecular flexibility index (Phi) is 6.99. The Hall–Kier alpha value is -3.32. The van der Waals surface area contributed by atoms with Crippen molar-refractivity contribution in [3.05, 3.63) is 70.9 Å². The molecule has 1 amide bonds. The zero-order chi connectivity index (χ0) is 23.4. The van der Waals surface area contributed by atoms with Gasteiger partial charge in [-0.05, 0) is 68.3 Å². The Morgan fingerprint density at radius 3 is 2.45 bits per heavy atom. The number of halogens is 1. The van der Waals surface area contributed by atoms with E-state index in [-0.39, 0.29) is 24.2 Å². The number of benzene rings is 2. The fraction of sp³-hybridized carbons (Fsp3) is 0.320. The lowest BCUT2D eigenvalue weighted by Crippen LogP contribution is -2.39. The van der Waals surface area contributed by atoms with Gasteiger partial charge in [0.15, 0.2) is 5.69 Å². The first-order valence-electron chi connectivity index (χ1n) is 11.0. The normalized spacial score (nSPS) is 14.2. The van der Waals surface area contributed by atoms with Crippen LogP contribution >= 0.6 is 11.6 Å². The Balaban J connectivity index is 1.56. The summed E-state index contributed by atoms with van der Waals surface area (Å²) in [6.45, 7) is 3.23. The molecule has 1 aliphatic rings. The summed E-state index contributed by atoms with van der Waals surface area (Å²) < 4.78 is 12.3. The maximum atomic E-state index is 12.9. The number of piperidine rings is 1. The molecule has 0 N–H and O–H groups in total. The highest BCUT2D eigenvalue weighted by molar-refractivity contribution is 6.30. The number of amides is 1. The van der Waals surface area contributed by atoms with E-state index < -0.39 is 5.97 Å². The smallest absolute Gasteiger partial charge is 0.358 e. The van der Waals surface area contributed by atoms with Gasteiger partial charge in [0.25, 0.3) is 5.91 Å². The van der Waals surface area contributed by atoms with Crippen LogP contribution in [-0.2, 0) is 4.74 Å². The number of esters is 1. The van der Waals surface area contributed by atoms with Crippen LogP contribution in [0.5, 0.6) is 5.75 Å². The molecular weight excluding hydrogens is 442 g/mol. The van der Waals surface area contributed by atoms with Gasteiger partial charge in [-0.15, -0.1) is 0 Å². The SMILES string of the molecule is CCOC(=O)c1cc(-c2ccc(OC)cc2)n(C2CCN(C(=O)c3cccc(Cl)c3)CC2)n1. The van der Waals surface area contributed by atoms with Crippen LogP contribution in [0.3, 0.4) is 0 Å². The molecule has 0 radical (unpaired) electrons. The Morgan fingerprint density at radius 1 is 1.09 bits per heavy atom. The molecule has 2 heterocycles. The maximum absolute atomic E-state index is 12.9. The van der Waals surface area contributed by atoms with Crippen LogP contribution < -0.4 is 4.74 Å². The van der Waals surface area contributed by atoms with Gasteiger partial charge in [-0.3, -0.25) is 9.48 Å². The summed E-state index contributed by atoms with van der Waals surface area (Å²) in [5.41, 5.74) is 2.63. The highest BCUT2D eigenvalue weighted by Gasteiger charge is 2.28. The zero-order valence-corrected chi connectivity index (χ0v) is 19.4. The van der Waals surface area contributed by atoms with Crippen LogP contribution in [0.1, 0.15) is 46.7 Å². The number of aromatic nitrogens is 2. The molecule has 8 heteroatoms. The van der Waals surface area contributed by atoms with Gasteiger partial charge in [0.2, 0.25) is 0 Å². The molecular formula is C25H26ClN3O4. The van der Waals surface area contributed by atoms with Crippen LogP contribution in [0.4, 0.5) is 0 Å². The van der Waals surface area contributed by atoms with E-state index in [1.54, 1.807) is 44.4 Å². The van der Waals surface area contributed by atoms with Gasteiger partial charge in [0.05, 0.1) is 25.5 Å². The molecule has 0 atom stereocenters. The van der Waals surface area contributed by atoms with E-state index in [0.717, 1.165) is 29.8 Å². The molecule has 3 aromatic rings. The second-order valence-electron chi connectivity index (χ2n) is 7.84. The molecule has 1 saturated heterocycles. The van der Waals surface area contributed by atoms with Crippen LogP contribution in [0, 0.1) is 0 Å². The Bertz CT molecular complexity index is 1130. The van der Waals surface area contributed by atoms with Crippen molar-refractivity contribution >= 4 is 23.5 Å². The predicted molar refractivity (Wildman–Crippen MR) is 126 cm³/mol. The Labute approximate surface area is 197 Å². The molecule has 1 aliphatic heterocycles. The van der Waals surface area contributed by atoms with Crippen molar-refractivity contribution < 1.29 is 19.1 Å². The quantitative estimate of drug-likeness (QED) is 0.484. The van der Waals surface area contributed by atoms with Gasteiger partial charge in [-0.1, -0.05) is 17.7 Å². The maximum Gasteiger partial charge on any atom is 0.358 e. The average Bonchev–Trinajstić information content (AvgIpc) is 3.29. The Morgan fingerprint density at radius 2 is 1.82 bits per heavy atom. The molecule has 4 rings (SSSR count). The third-order valence-corrected chi connectivity index (χ3v) is 6.01. The summed E-state index contributed by atoms with van der Waals surface area (Å²) in [6.07, 6.45) is 1.44. The average molecular weight is 468 g/mol. The van der Waals surface area contributed by atoms with Crippen molar-refractivity contribution in [1.29, 1.82) is 0 Å². The molecule has 1 aromatic heterocycles. The van der Waals surface area contributed by atoms with E-state index in [1.165, 1.54) is 0 Å². The third-order valence-electron chi connectivity index (χ3n) is 5.78. The monoisotopic (exact) mass is 467 g/mol. The summed E-state index contributed by atoms with van der Waals surface area (Å²) in [6, 6.07) is 16.5. The molecule has 7 nitrogen and oxygen atoms in total. The van der Waals surface area contributed by atoms with Crippen molar-refractivity contribution in [3.8, 4) is 17.0 Å². The number of carbonyl (C=O) groups excluding carboxylic acids is 2. The van der Waals surface area contributed by atoms with Crippen LogP contribution in [0.25, 0.3) is 11.3 Å². The van der Waals surface area contributed by atoms with E-state index in [0.29, 0.717) is 23.7 Å². The minimum absolute atomic E-state index is 0.0287. The third kappa shape index (κ3) is 5.03. The van der Waals surface area contributed by atoms with E-state index in [9.17, 15) is 9.59 Å². The van der Waals surface area contributed by atoms with Gasteiger partial charge >= 0.3 is 5.97 Å². The number of hydrogen-bond donors (Lipinski definition) is 0. The lowest BCUT2D eigenvalue weighted by atomic mass is 10.0. The van der Waals surface area contributed by atoms with Crippen molar-refractivity contribution in [3.63, 3.8) is 0 Å². The molecule has 1 fully saturated rings. The highest BCUT2D eigenvalue weighted by Crippen LogP contribution is 2.31. The number of carbonyl (C=O) groups is 2. The minimum Gasteiger partial charge on any atom is -0.497 e. The molecule has 172 valence electrons. The highest BCUT2D eigenvalue weighted by atomic mass is 35.5. The first-order chi connectivity index (χ1) is 16.0. The molecule has 0 aliphatic carbocycles. The second kappa shape index (κ2) is 10.1. The van der Waals surface area contributed by atoms with Gasteiger partial charge < -0.3 is 14.4 Å². The summed E-state index contributed by atoms with van der Waals surface area (Å²) in [5, 5.41) is 5.15. The molecule has 0 unspecified atom stereocenters. The van der Waals surface area contributed by atoms with Crippen LogP contribution in [0.15, 0.2) is 54.6 Å². The van der Waals surface area contributed by atoms with E-state index in [2.05, 4.69) is 5.10 Å². The van der Waals surface area contributed by atoms with E-state index in [4.69, 9.17) is 21.1 Å². The van der Waals surface area contributed by atoms with Crippen LogP contribution in [-0.4, -0.2) is 53.4 Å². The molecule has 0 spiro atoms. The van der Waals surface area contributed by atoms with Gasteiger partial charge in [-0.25, -0.2) is 4.79 Å². The summed E-state index contributed by atoms with van der Waals surface area (Å²) in [4.78, 5) is 27.1. The fourth-order valence-corrected chi connectivity index (χ4v) is 4.26. The first kappa shape index (κ1) is 22.9. The van der Waals surface area contributed by atoms with E-state index >= 15 is 0 Å². The first-order valence-corrected chi connectivity index (χ1v) is 11.3. The predicted octanol–water partition coefficient (Wildman–Crippen LogP) is 4.87. The lowest BCUT2D eigenvalue weighted by molar-refractivity contribution is 0.0517. The molecule has 0 bridgehead atoms. The summed E-state index contributed by atoms with van der Waals surface area (Å²) in [7, 11) is 1.62. The largest absolute Gasteiger partial charge is 0.497 e. The zero-order valence-electron chi connectivity index (χ0n) is 18.7. The number of nitrogens with zero attached hydrogens (tertiary/aromatic N) is 3. The second-order valence-corrected chi connectivity index (χ2v) is 8.28. The van der Waals surface area contributed by atoms with Gasteiger partial charge in [-0.2, -0.15) is 5.10 Å². The number of hydrogen-bond acceptors (Lipinski definition) is 5. The number of ether oxygens (including phenoxy) is 2. The summed E-state index contributed by atoms with van der Waals surface area (Å²) >= 11 is 6.05. The molecule has 2 aromatic carbocycles. The van der Waals surface area contributed by atoms with Crippen molar-refractivity contribution in [2.45, 2.75) is 25.8 Å². The molecule has 0 saturated carbocycles. The molecule has 33 heavy (non-hydrogen) atoms. The number of methoxy groups -OCH3 is 1. The standard InChI is InChI=1S/C25H26ClN3O4/c1-3-33-25(31)22-16-23(17-7-9-21(32-2)10-8-17)29(27-22)20-11-13-28(14-12-20)24(30)18-5-4-6-19(26)15-18/h4-10,15-16,20H,3,11-14H2,1-2H3. The summed E-state index contributed by atoms with van der Waals surface area (Å²) in [5.74, 6) is 0.279. The number of likely N-dealkylation sites (tertiary alicyclic amines) is 1.